The van der Waals surface area contributed by atoms with Crippen molar-refractivity contribution >= 4 is 45.8 Å². The van der Waals surface area contributed by atoms with E-state index in [9.17, 15) is 29.7 Å². The normalized spacial score (nSPS) is 21.2. The van der Waals surface area contributed by atoms with E-state index in [0.29, 0.717) is 29.1 Å². The van der Waals surface area contributed by atoms with Gasteiger partial charge in [0.15, 0.2) is 23.4 Å². The van der Waals surface area contributed by atoms with Crippen LogP contribution in [0.2, 0.25) is 0 Å². The third kappa shape index (κ3) is 10.2. The van der Waals surface area contributed by atoms with Gasteiger partial charge >= 0.3 is 6.09 Å². The first-order chi connectivity index (χ1) is 20.8. The number of nitrogen functional groups attached to an aromatic ring is 1. The molecule has 1 aliphatic rings. The molecule has 0 bridgehead atoms. The van der Waals surface area contributed by atoms with Gasteiger partial charge in [0.25, 0.3) is 0 Å². The van der Waals surface area contributed by atoms with Gasteiger partial charge in [0.2, 0.25) is 5.91 Å². The van der Waals surface area contributed by atoms with Crippen LogP contribution in [0.4, 0.5) is 10.6 Å². The number of carbonyl (C=O) groups is 3. The van der Waals surface area contributed by atoms with Crippen LogP contribution < -0.4 is 27.2 Å². The van der Waals surface area contributed by atoms with E-state index >= 15 is 0 Å². The molecule has 242 valence electrons. The van der Waals surface area contributed by atoms with Crippen LogP contribution >= 0.6 is 0 Å². The fourth-order valence-corrected chi connectivity index (χ4v) is 6.27. The van der Waals surface area contributed by atoms with Gasteiger partial charge in [-0.1, -0.05) is 5.92 Å². The molecule has 6 atom stereocenters. The lowest BCUT2D eigenvalue weighted by Gasteiger charge is -2.19. The first-order valence-corrected chi connectivity index (χ1v) is 15.7. The fourth-order valence-electron chi connectivity index (χ4n) is 4.21. The summed E-state index contributed by atoms with van der Waals surface area (Å²) < 4.78 is 12.6. The molecule has 1 aliphatic heterocycles. The molecule has 3 heterocycles. The summed E-state index contributed by atoms with van der Waals surface area (Å²) in [6, 6.07) is -1.17. The number of nitrogens with two attached hydrogens (primary N) is 2. The summed E-state index contributed by atoms with van der Waals surface area (Å²) in [6.07, 6.45) is -1.50. The van der Waals surface area contributed by atoms with Gasteiger partial charge in [-0.3, -0.25) is 9.36 Å². The van der Waals surface area contributed by atoms with E-state index in [-0.39, 0.29) is 43.4 Å². The standard InChI is InChI=1S/C27H40N8O8S/c1-27(2,3)43-26(41)31-10-6-7-18(36)30-9-4-5-11-44(12-8-16(28)25(39)40)13-17-20(37)21(38)24(42-17)35-15-34-19-22(29)32-14-33-23(19)35/h14-17,20-21,24,37-38H,6-13,28H2,1-3H3,(H4-,29,30,31,32,33,36,39,40,41)/t16-,17+,20+,21+,24+,44?/m0/s1. The minimum absolute atomic E-state index is 0.0934. The quantitative estimate of drug-likeness (QED) is 0.0759. The van der Waals surface area contributed by atoms with E-state index in [2.05, 4.69) is 37.4 Å². The molecule has 8 N–H and O–H groups in total. The zero-order chi connectivity index (χ0) is 32.4. The SMILES string of the molecule is CC(C)(C)OC(=O)NCCCC(=O)NCC#CC[S+](CC[C@H](N)C(=O)[O-])C[C@H]1O[C@@H](n2cnc3c(N)ncnc32)[C@H](O)[C@@H]1O. The summed E-state index contributed by atoms with van der Waals surface area (Å²) in [5.74, 6) is 5.38. The monoisotopic (exact) mass is 636 g/mol. The summed E-state index contributed by atoms with van der Waals surface area (Å²) in [5.41, 5.74) is 11.6. The maximum absolute atomic E-state index is 12.1. The van der Waals surface area contributed by atoms with Crippen LogP contribution in [0.25, 0.3) is 11.2 Å². The number of aliphatic carboxylic acids is 1. The molecule has 16 nitrogen and oxygen atoms in total. The zero-order valence-corrected chi connectivity index (χ0v) is 25.7. The molecular formula is C27H40N8O8S. The molecule has 2 aromatic rings. The Morgan fingerprint density at radius 3 is 2.66 bits per heavy atom. The molecule has 0 aliphatic carbocycles. The van der Waals surface area contributed by atoms with Crippen LogP contribution in [0.5, 0.6) is 0 Å². The van der Waals surface area contributed by atoms with Crippen molar-refractivity contribution in [2.45, 2.75) is 76.2 Å². The predicted molar refractivity (Wildman–Crippen MR) is 159 cm³/mol. The predicted octanol–water partition coefficient (Wildman–Crippen LogP) is -2.46. The van der Waals surface area contributed by atoms with Gasteiger partial charge in [-0.05, 0) is 33.1 Å². The second-order valence-corrected chi connectivity index (χ2v) is 13.4. The van der Waals surface area contributed by atoms with Crippen molar-refractivity contribution in [2.24, 2.45) is 5.73 Å². The minimum atomic E-state index is -1.37. The number of amides is 2. The third-order valence-electron chi connectivity index (χ3n) is 6.44. The average Bonchev–Trinajstić information content (AvgIpc) is 3.49. The maximum Gasteiger partial charge on any atom is 0.407 e. The van der Waals surface area contributed by atoms with Crippen molar-refractivity contribution in [2.75, 3.05) is 36.1 Å². The highest BCUT2D eigenvalue weighted by Gasteiger charge is 2.47. The lowest BCUT2D eigenvalue weighted by molar-refractivity contribution is -0.307. The molecule has 0 spiro atoms. The molecule has 1 fully saturated rings. The van der Waals surface area contributed by atoms with Gasteiger partial charge < -0.3 is 51.7 Å². The Labute approximate surface area is 257 Å². The topological polar surface area (TPSA) is 253 Å². The molecule has 3 rings (SSSR count). The summed E-state index contributed by atoms with van der Waals surface area (Å²) in [6.45, 7) is 5.66. The number of imidazole rings is 1. The highest BCUT2D eigenvalue weighted by atomic mass is 32.2. The lowest BCUT2D eigenvalue weighted by Crippen LogP contribution is -2.43. The second kappa shape index (κ2) is 15.9. The van der Waals surface area contributed by atoms with Crippen LogP contribution in [-0.4, -0.2) is 108 Å². The van der Waals surface area contributed by atoms with Gasteiger partial charge in [-0.2, -0.15) is 0 Å². The van der Waals surface area contributed by atoms with Gasteiger partial charge in [0.1, 0.15) is 47.3 Å². The Hall–Kier alpha value is -3.69. The van der Waals surface area contributed by atoms with Gasteiger partial charge in [0.05, 0.1) is 18.8 Å². The summed E-state index contributed by atoms with van der Waals surface area (Å²) in [5, 5.41) is 38.0. The van der Waals surface area contributed by atoms with E-state index < -0.39 is 59.1 Å². The zero-order valence-electron chi connectivity index (χ0n) is 24.9. The molecule has 0 aromatic carbocycles. The van der Waals surface area contributed by atoms with Crippen LogP contribution in [0, 0.1) is 11.8 Å². The number of fused-ring (bicyclic) bond motifs is 1. The molecule has 1 unspecified atom stereocenters. The Bertz CT molecular complexity index is 1360. The third-order valence-corrected chi connectivity index (χ3v) is 8.61. The summed E-state index contributed by atoms with van der Waals surface area (Å²) >= 11 is 0. The number of hydrogen-bond donors (Lipinski definition) is 6. The number of aliphatic hydroxyl groups is 2. The number of ether oxygens (including phenoxy) is 2. The Morgan fingerprint density at radius 2 is 1.95 bits per heavy atom. The number of hydrogen-bond acceptors (Lipinski definition) is 13. The number of alkyl carbamates (subject to hydrolysis) is 1. The van der Waals surface area contributed by atoms with Crippen molar-refractivity contribution in [3.8, 4) is 11.8 Å². The smallest absolute Gasteiger partial charge is 0.407 e. The van der Waals surface area contributed by atoms with E-state index in [0.717, 1.165) is 0 Å². The Balaban J connectivity index is 1.52. The number of nitrogens with zero attached hydrogens (tertiary/aromatic N) is 4. The molecule has 2 aromatic heterocycles. The molecule has 0 radical (unpaired) electrons. The van der Waals surface area contributed by atoms with Gasteiger partial charge in [-0.15, -0.1) is 0 Å². The number of aromatic nitrogens is 4. The summed E-state index contributed by atoms with van der Waals surface area (Å²) in [4.78, 5) is 47.1. The fraction of sp³-hybridized carbons (Fsp3) is 0.630. The molecule has 1 saturated heterocycles. The minimum Gasteiger partial charge on any atom is -0.548 e. The van der Waals surface area contributed by atoms with Crippen LogP contribution in [0.3, 0.4) is 0 Å². The molecule has 44 heavy (non-hydrogen) atoms. The molecule has 2 amide bonds. The van der Waals surface area contributed by atoms with Crippen LogP contribution in [-0.2, 0) is 30.0 Å². The van der Waals surface area contributed by atoms with Crippen molar-refractivity contribution in [3.05, 3.63) is 12.7 Å². The average molecular weight is 637 g/mol. The first-order valence-electron chi connectivity index (χ1n) is 14.0. The number of nitrogens with one attached hydrogen (secondary N) is 2. The van der Waals surface area contributed by atoms with E-state index in [4.69, 9.17) is 20.9 Å². The first kappa shape index (κ1) is 34.8. The maximum atomic E-state index is 12.1. The van der Waals surface area contributed by atoms with Crippen LogP contribution in [0.1, 0.15) is 46.3 Å². The number of rotatable bonds is 13. The number of carbonyl (C=O) groups excluding carboxylic acids is 3. The van der Waals surface area contributed by atoms with Crippen molar-refractivity contribution in [1.82, 2.24) is 30.2 Å². The molecular weight excluding hydrogens is 596 g/mol. The van der Waals surface area contributed by atoms with Gasteiger partial charge in [-0.25, -0.2) is 19.7 Å². The Kier molecular flexibility index (Phi) is 12.5. The van der Waals surface area contributed by atoms with E-state index in [1.807, 2.05) is 0 Å². The largest absolute Gasteiger partial charge is 0.548 e. The Morgan fingerprint density at radius 1 is 1.20 bits per heavy atom. The molecule has 0 saturated carbocycles. The van der Waals surface area contributed by atoms with Crippen molar-refractivity contribution < 1.29 is 39.2 Å². The summed E-state index contributed by atoms with van der Waals surface area (Å²) in [7, 11) is -0.588. The number of carboxylic acid groups (broad SMARTS) is 1. The highest BCUT2D eigenvalue weighted by molar-refractivity contribution is 7.97. The lowest BCUT2D eigenvalue weighted by atomic mass is 10.1. The number of anilines is 1. The van der Waals surface area contributed by atoms with E-state index in [1.165, 1.54) is 17.2 Å². The number of aliphatic hydroxyl groups excluding tert-OH is 2. The van der Waals surface area contributed by atoms with Crippen molar-refractivity contribution in [3.63, 3.8) is 0 Å². The van der Waals surface area contributed by atoms with Crippen LogP contribution in [0.15, 0.2) is 12.7 Å². The number of carboxylic acids is 1. The van der Waals surface area contributed by atoms with Gasteiger partial charge in [0, 0.05) is 36.3 Å². The van der Waals surface area contributed by atoms with E-state index in [1.54, 1.807) is 20.8 Å². The van der Waals surface area contributed by atoms with Crippen molar-refractivity contribution in [1.29, 1.82) is 0 Å². The second-order valence-electron chi connectivity index (χ2n) is 11.1. The highest BCUT2D eigenvalue weighted by Crippen LogP contribution is 2.33. The molecule has 17 heteroatoms.